The highest BCUT2D eigenvalue weighted by molar-refractivity contribution is 7.90. The zero-order valence-corrected chi connectivity index (χ0v) is 23.3. The van der Waals surface area contributed by atoms with Crippen LogP contribution in [0.4, 0.5) is 4.79 Å². The second-order valence-corrected chi connectivity index (χ2v) is 13.6. The Bertz CT molecular complexity index is 1270. The number of likely N-dealkylation sites (tertiary alicyclic amines) is 1. The summed E-state index contributed by atoms with van der Waals surface area (Å²) in [5, 5.41) is 0. The van der Waals surface area contributed by atoms with Gasteiger partial charge in [-0.1, -0.05) is 30.3 Å². The minimum absolute atomic E-state index is 0.0525. The Morgan fingerprint density at radius 2 is 1.68 bits per heavy atom. The van der Waals surface area contributed by atoms with E-state index in [9.17, 15) is 18.0 Å². The van der Waals surface area contributed by atoms with Gasteiger partial charge in [-0.3, -0.25) is 4.79 Å². The van der Waals surface area contributed by atoms with Crippen LogP contribution in [0.5, 0.6) is 5.75 Å². The number of carbonyl (C=O) groups excluding carboxylic acids is 2. The molecule has 0 saturated carbocycles. The maximum atomic E-state index is 12.4. The molecule has 8 nitrogen and oxygen atoms in total. The Labute approximate surface area is 225 Å². The molecule has 1 spiro atoms. The van der Waals surface area contributed by atoms with Crippen LogP contribution in [-0.4, -0.2) is 55.4 Å². The molecular formula is C29H38N2O6S. The average molecular weight is 543 g/mol. The topological polar surface area (TPSA) is 116 Å². The van der Waals surface area contributed by atoms with Crippen LogP contribution in [0.15, 0.2) is 42.5 Å². The van der Waals surface area contributed by atoms with Gasteiger partial charge < -0.3 is 20.1 Å². The molecule has 4 rings (SSSR count). The second-order valence-electron chi connectivity index (χ2n) is 11.4. The fourth-order valence-corrected chi connectivity index (χ4v) is 6.49. The highest BCUT2D eigenvalue weighted by Crippen LogP contribution is 2.41. The van der Waals surface area contributed by atoms with Gasteiger partial charge in [0.05, 0.1) is 11.5 Å². The van der Waals surface area contributed by atoms with E-state index in [0.717, 1.165) is 48.1 Å². The second kappa shape index (κ2) is 11.0. The van der Waals surface area contributed by atoms with E-state index in [1.807, 2.05) is 57.2 Å². The summed E-state index contributed by atoms with van der Waals surface area (Å²) in [6.07, 6.45) is 3.41. The van der Waals surface area contributed by atoms with Gasteiger partial charge in [-0.25, -0.2) is 13.2 Å². The molecule has 9 heteroatoms. The summed E-state index contributed by atoms with van der Waals surface area (Å²) in [6.45, 7) is 6.87. The first-order valence-electron chi connectivity index (χ1n) is 13.2. The number of benzene rings is 2. The summed E-state index contributed by atoms with van der Waals surface area (Å²) in [6, 6.07) is 13.7. The van der Waals surface area contributed by atoms with Crippen LogP contribution < -0.4 is 10.5 Å². The fraction of sp³-hybridized carbons (Fsp3) is 0.517. The van der Waals surface area contributed by atoms with E-state index < -0.39 is 21.3 Å². The number of amides is 2. The first-order chi connectivity index (χ1) is 17.8. The smallest absolute Gasteiger partial charge is 0.410 e. The summed E-state index contributed by atoms with van der Waals surface area (Å²) in [5.74, 6) is 0.295. The first-order valence-corrected chi connectivity index (χ1v) is 15.0. The number of rotatable bonds is 7. The maximum absolute atomic E-state index is 12.4. The zero-order valence-electron chi connectivity index (χ0n) is 22.5. The molecule has 0 bridgehead atoms. The van der Waals surface area contributed by atoms with Crippen LogP contribution in [0, 0.1) is 0 Å². The molecule has 38 heavy (non-hydrogen) atoms. The predicted molar refractivity (Wildman–Crippen MR) is 147 cm³/mol. The molecule has 206 valence electrons. The van der Waals surface area contributed by atoms with E-state index in [0.29, 0.717) is 18.7 Å². The molecule has 0 radical (unpaired) electrons. The van der Waals surface area contributed by atoms with Crippen LogP contribution in [0.25, 0.3) is 11.1 Å². The number of hydrogen-bond donors (Lipinski definition) is 1. The molecule has 2 aromatic carbocycles. The van der Waals surface area contributed by atoms with Gasteiger partial charge in [-0.15, -0.1) is 0 Å². The Hall–Kier alpha value is -3.07. The van der Waals surface area contributed by atoms with Crippen molar-refractivity contribution in [1.29, 1.82) is 0 Å². The molecule has 2 heterocycles. The lowest BCUT2D eigenvalue weighted by Gasteiger charge is -2.44. The monoisotopic (exact) mass is 542 g/mol. The lowest BCUT2D eigenvalue weighted by atomic mass is 9.82. The SMILES string of the molecule is CC(C)(C)OC(=O)N1CCC2(CCc3cc(-c4ccc(CS(=O)(=O)CCCC(N)=O)cc4)ccc3O2)CC1. The van der Waals surface area contributed by atoms with Gasteiger partial charge in [0.25, 0.3) is 0 Å². The van der Waals surface area contributed by atoms with Crippen LogP contribution in [0.1, 0.15) is 64.0 Å². The molecule has 2 amide bonds. The molecule has 0 unspecified atom stereocenters. The number of primary amides is 1. The van der Waals surface area contributed by atoms with E-state index in [4.69, 9.17) is 15.2 Å². The maximum Gasteiger partial charge on any atom is 0.410 e. The number of sulfone groups is 1. The number of carbonyl (C=O) groups is 2. The third-order valence-corrected chi connectivity index (χ3v) is 8.80. The summed E-state index contributed by atoms with van der Waals surface area (Å²) < 4.78 is 36.7. The van der Waals surface area contributed by atoms with Crippen molar-refractivity contribution in [3.63, 3.8) is 0 Å². The zero-order chi connectivity index (χ0) is 27.6. The van der Waals surface area contributed by atoms with Gasteiger partial charge in [0.2, 0.25) is 5.91 Å². The van der Waals surface area contributed by atoms with Crippen molar-refractivity contribution < 1.29 is 27.5 Å². The summed E-state index contributed by atoms with van der Waals surface area (Å²) >= 11 is 0. The van der Waals surface area contributed by atoms with Crippen molar-refractivity contribution in [2.45, 2.75) is 76.3 Å². The number of nitrogens with two attached hydrogens (primary N) is 1. The Morgan fingerprint density at radius 1 is 1.03 bits per heavy atom. The van der Waals surface area contributed by atoms with Gasteiger partial charge in [0, 0.05) is 32.4 Å². The number of piperidine rings is 1. The van der Waals surface area contributed by atoms with Gasteiger partial charge in [-0.2, -0.15) is 0 Å². The van der Waals surface area contributed by atoms with Crippen molar-refractivity contribution in [3.8, 4) is 16.9 Å². The number of nitrogens with zero attached hydrogens (tertiary/aromatic N) is 1. The van der Waals surface area contributed by atoms with Gasteiger partial charge >= 0.3 is 6.09 Å². The average Bonchev–Trinajstić information content (AvgIpc) is 2.83. The summed E-state index contributed by atoms with van der Waals surface area (Å²) in [4.78, 5) is 25.1. The summed E-state index contributed by atoms with van der Waals surface area (Å²) in [7, 11) is -3.30. The molecular weight excluding hydrogens is 504 g/mol. The number of ether oxygens (including phenoxy) is 2. The summed E-state index contributed by atoms with van der Waals surface area (Å²) in [5.41, 5.74) is 8.28. The molecule has 0 aromatic heterocycles. The third-order valence-electron chi connectivity index (χ3n) is 7.12. The quantitative estimate of drug-likeness (QED) is 0.545. The number of aryl methyl sites for hydroxylation is 1. The normalized spacial score (nSPS) is 17.0. The fourth-order valence-electron chi connectivity index (χ4n) is 5.06. The van der Waals surface area contributed by atoms with Gasteiger partial charge in [0.1, 0.15) is 17.0 Å². The lowest BCUT2D eigenvalue weighted by molar-refractivity contribution is -0.118. The molecule has 1 saturated heterocycles. The minimum Gasteiger partial charge on any atom is -0.487 e. The highest BCUT2D eigenvalue weighted by Gasteiger charge is 2.41. The van der Waals surface area contributed by atoms with Crippen LogP contribution in [-0.2, 0) is 31.5 Å². The van der Waals surface area contributed by atoms with Gasteiger partial charge in [0.15, 0.2) is 9.84 Å². The van der Waals surface area contributed by atoms with Crippen molar-refractivity contribution in [2.24, 2.45) is 5.73 Å². The van der Waals surface area contributed by atoms with Crippen molar-refractivity contribution in [2.75, 3.05) is 18.8 Å². The van der Waals surface area contributed by atoms with E-state index in [-0.39, 0.29) is 36.0 Å². The molecule has 0 atom stereocenters. The van der Waals surface area contributed by atoms with Crippen LogP contribution in [0.2, 0.25) is 0 Å². The first kappa shape index (κ1) is 28.0. The third kappa shape index (κ3) is 7.28. The largest absolute Gasteiger partial charge is 0.487 e. The number of hydrogen-bond acceptors (Lipinski definition) is 6. The van der Waals surface area contributed by atoms with E-state index >= 15 is 0 Å². The lowest BCUT2D eigenvalue weighted by Crippen LogP contribution is -2.52. The van der Waals surface area contributed by atoms with Crippen molar-refractivity contribution >= 4 is 21.8 Å². The van der Waals surface area contributed by atoms with Crippen molar-refractivity contribution in [3.05, 3.63) is 53.6 Å². The molecule has 0 aliphatic carbocycles. The van der Waals surface area contributed by atoms with E-state index in [2.05, 4.69) is 6.07 Å². The molecule has 2 aliphatic rings. The predicted octanol–water partition coefficient (Wildman–Crippen LogP) is 4.63. The van der Waals surface area contributed by atoms with Gasteiger partial charge in [-0.05, 0) is 74.4 Å². The van der Waals surface area contributed by atoms with Crippen LogP contribution in [0.3, 0.4) is 0 Å². The number of fused-ring (bicyclic) bond motifs is 1. The Kier molecular flexibility index (Phi) is 8.06. The molecule has 1 fully saturated rings. The molecule has 2 N–H and O–H groups in total. The standard InChI is InChI=1S/C29H38N2O6S/c1-28(2,3)37-27(33)31-16-14-29(15-17-31)13-12-24-19-23(10-11-25(24)36-29)22-8-6-21(7-9-22)20-38(34,35)18-4-5-26(30)32/h6-11,19H,4-5,12-18,20H2,1-3H3,(H2,30,32). The molecule has 2 aromatic rings. The van der Waals surface area contributed by atoms with Crippen molar-refractivity contribution in [1.82, 2.24) is 4.90 Å². The highest BCUT2D eigenvalue weighted by atomic mass is 32.2. The molecule has 2 aliphatic heterocycles. The Balaban J connectivity index is 1.36. The van der Waals surface area contributed by atoms with E-state index in [1.54, 1.807) is 4.90 Å². The minimum atomic E-state index is -3.30. The van der Waals surface area contributed by atoms with E-state index in [1.165, 1.54) is 0 Å². The Morgan fingerprint density at radius 3 is 2.32 bits per heavy atom. The van der Waals surface area contributed by atoms with Crippen LogP contribution >= 0.6 is 0 Å².